The molecule has 2 aromatic carbocycles. The molecule has 0 aliphatic carbocycles. The van der Waals surface area contributed by atoms with E-state index >= 15 is 0 Å². The van der Waals surface area contributed by atoms with Crippen LogP contribution in [-0.4, -0.2) is 97.2 Å². The van der Waals surface area contributed by atoms with Crippen LogP contribution in [0.15, 0.2) is 48.5 Å². The number of carboxylic acid groups (broad SMARTS) is 2. The Labute approximate surface area is 210 Å². The third-order valence-corrected chi connectivity index (χ3v) is 6.05. The van der Waals surface area contributed by atoms with E-state index in [1.165, 1.54) is 0 Å². The number of hydrogen-bond donors (Lipinski definition) is 4. The summed E-state index contributed by atoms with van der Waals surface area (Å²) in [6.45, 7) is 6.43. The summed E-state index contributed by atoms with van der Waals surface area (Å²) in [4.78, 5) is 25.5. The minimum Gasteiger partial charge on any atom is -0.479 e. The van der Waals surface area contributed by atoms with E-state index in [1.54, 1.807) is 0 Å². The molecule has 10 heteroatoms. The highest BCUT2D eigenvalue weighted by Crippen LogP contribution is 2.18. The van der Waals surface area contributed by atoms with Crippen molar-refractivity contribution in [3.05, 3.63) is 59.7 Å². The number of aliphatic hydroxyl groups excluding tert-OH is 2. The number of ether oxygens (including phenoxy) is 2. The van der Waals surface area contributed by atoms with Crippen molar-refractivity contribution in [1.82, 2.24) is 0 Å². The minimum absolute atomic E-state index is 0.138. The molecule has 4 N–H and O–H groups in total. The van der Waals surface area contributed by atoms with Crippen molar-refractivity contribution >= 4 is 23.3 Å². The molecular weight excluding hydrogens is 468 g/mol. The molecule has 0 amide bonds. The van der Waals surface area contributed by atoms with Gasteiger partial charge in [-0.3, -0.25) is 0 Å². The predicted molar refractivity (Wildman–Crippen MR) is 134 cm³/mol. The average Bonchev–Trinajstić information content (AvgIpc) is 2.91. The number of carboxylic acids is 2. The normalized spacial score (nSPS) is 17.5. The maximum absolute atomic E-state index is 10.5. The van der Waals surface area contributed by atoms with Crippen molar-refractivity contribution in [3.63, 3.8) is 0 Å². The van der Waals surface area contributed by atoms with Crippen LogP contribution in [0.4, 0.5) is 11.4 Å². The zero-order valence-corrected chi connectivity index (χ0v) is 20.2. The maximum atomic E-state index is 10.5. The molecule has 2 aliphatic rings. The van der Waals surface area contributed by atoms with E-state index in [-0.39, 0.29) is 12.8 Å². The van der Waals surface area contributed by atoms with E-state index in [0.29, 0.717) is 0 Å². The Morgan fingerprint density at radius 3 is 1.22 bits per heavy atom. The number of carbonyl (C=O) groups is 2. The summed E-state index contributed by atoms with van der Waals surface area (Å²) in [6, 6.07) is 15.2. The van der Waals surface area contributed by atoms with Crippen LogP contribution >= 0.6 is 0 Å². The topological polar surface area (TPSA) is 140 Å². The van der Waals surface area contributed by atoms with Gasteiger partial charge in [0.2, 0.25) is 0 Å². The van der Waals surface area contributed by atoms with Crippen LogP contribution < -0.4 is 9.80 Å². The quantitative estimate of drug-likeness (QED) is 0.414. The second-order valence-electron chi connectivity index (χ2n) is 8.65. The lowest BCUT2D eigenvalue weighted by Crippen LogP contribution is -2.36. The molecule has 0 bridgehead atoms. The molecule has 10 nitrogen and oxygen atoms in total. The maximum Gasteiger partial charge on any atom is 0.332 e. The summed E-state index contributed by atoms with van der Waals surface area (Å²) >= 11 is 0. The van der Waals surface area contributed by atoms with Crippen LogP contribution in [0.25, 0.3) is 0 Å². The Hall–Kier alpha value is -3.18. The molecule has 0 spiro atoms. The first-order valence-electron chi connectivity index (χ1n) is 12.0. The van der Waals surface area contributed by atoms with Gasteiger partial charge in [0.25, 0.3) is 0 Å². The van der Waals surface area contributed by atoms with Crippen molar-refractivity contribution in [2.75, 3.05) is 62.4 Å². The van der Waals surface area contributed by atoms with Gasteiger partial charge in [-0.25, -0.2) is 9.59 Å². The number of morpholine rings is 2. The second kappa shape index (κ2) is 13.8. The van der Waals surface area contributed by atoms with Gasteiger partial charge in [0.1, 0.15) is 0 Å². The van der Waals surface area contributed by atoms with Crippen LogP contribution in [0.3, 0.4) is 0 Å². The molecule has 0 radical (unpaired) electrons. The molecule has 2 fully saturated rings. The van der Waals surface area contributed by atoms with Crippen LogP contribution in [0.1, 0.15) is 11.1 Å². The molecule has 0 saturated carbocycles. The number of hydrogen-bond acceptors (Lipinski definition) is 8. The molecule has 0 aromatic heterocycles. The molecule has 2 unspecified atom stereocenters. The molecule has 196 valence electrons. The number of aliphatic carboxylic acids is 2. The summed E-state index contributed by atoms with van der Waals surface area (Å²) in [7, 11) is 0. The highest BCUT2D eigenvalue weighted by molar-refractivity contribution is 5.72. The van der Waals surface area contributed by atoms with E-state index in [0.717, 1.165) is 75.1 Å². The standard InChI is InChI=1S/2C13H17NO4/c2*15-12(13(16)17)9-10-1-3-11(4-2-10)14-5-7-18-8-6-14/h2*1-4,12,15H,5-9H2,(H,16,17). The van der Waals surface area contributed by atoms with Crippen LogP contribution in [-0.2, 0) is 31.9 Å². The van der Waals surface area contributed by atoms with E-state index in [2.05, 4.69) is 9.80 Å². The molecular formula is C26H34N2O8. The lowest BCUT2D eigenvalue weighted by molar-refractivity contribution is -0.147. The van der Waals surface area contributed by atoms with E-state index in [9.17, 15) is 19.8 Å². The third-order valence-electron chi connectivity index (χ3n) is 6.05. The minimum atomic E-state index is -1.33. The number of nitrogens with zero attached hydrogens (tertiary/aromatic N) is 2. The van der Waals surface area contributed by atoms with Crippen LogP contribution in [0.5, 0.6) is 0 Å². The zero-order valence-electron chi connectivity index (χ0n) is 20.2. The first-order chi connectivity index (χ1) is 17.3. The highest BCUT2D eigenvalue weighted by Gasteiger charge is 2.16. The summed E-state index contributed by atoms with van der Waals surface area (Å²) in [5, 5.41) is 35.8. The number of rotatable bonds is 8. The van der Waals surface area contributed by atoms with Gasteiger partial charge in [0, 0.05) is 50.4 Å². The van der Waals surface area contributed by atoms with Gasteiger partial charge in [0.05, 0.1) is 26.4 Å². The highest BCUT2D eigenvalue weighted by atomic mass is 16.5. The van der Waals surface area contributed by atoms with Crippen molar-refractivity contribution in [2.45, 2.75) is 25.0 Å². The summed E-state index contributed by atoms with van der Waals surface area (Å²) in [5.41, 5.74) is 3.85. The van der Waals surface area contributed by atoms with E-state index in [4.69, 9.17) is 19.7 Å². The second-order valence-corrected chi connectivity index (χ2v) is 8.65. The Morgan fingerprint density at radius 2 is 0.944 bits per heavy atom. The van der Waals surface area contributed by atoms with Gasteiger partial charge in [0.15, 0.2) is 12.2 Å². The lowest BCUT2D eigenvalue weighted by atomic mass is 10.1. The van der Waals surface area contributed by atoms with Crippen molar-refractivity contribution in [1.29, 1.82) is 0 Å². The fourth-order valence-electron chi connectivity index (χ4n) is 3.95. The fraction of sp³-hybridized carbons (Fsp3) is 0.462. The van der Waals surface area contributed by atoms with E-state index in [1.807, 2.05) is 48.5 Å². The molecule has 2 aromatic rings. The lowest BCUT2D eigenvalue weighted by Gasteiger charge is -2.28. The van der Waals surface area contributed by atoms with Crippen LogP contribution in [0, 0.1) is 0 Å². The first kappa shape index (κ1) is 27.4. The van der Waals surface area contributed by atoms with Crippen LogP contribution in [0.2, 0.25) is 0 Å². The monoisotopic (exact) mass is 502 g/mol. The van der Waals surface area contributed by atoms with Gasteiger partial charge >= 0.3 is 11.9 Å². The Morgan fingerprint density at radius 1 is 0.639 bits per heavy atom. The largest absolute Gasteiger partial charge is 0.479 e. The van der Waals surface area contributed by atoms with Gasteiger partial charge in [-0.15, -0.1) is 0 Å². The third kappa shape index (κ3) is 8.49. The van der Waals surface area contributed by atoms with Gasteiger partial charge < -0.3 is 39.7 Å². The Balaban J connectivity index is 0.000000201. The molecule has 36 heavy (non-hydrogen) atoms. The first-order valence-corrected chi connectivity index (χ1v) is 12.0. The molecule has 2 saturated heterocycles. The summed E-state index contributed by atoms with van der Waals surface area (Å²) in [5.74, 6) is -2.38. The van der Waals surface area contributed by atoms with Crippen molar-refractivity contribution in [2.24, 2.45) is 0 Å². The van der Waals surface area contributed by atoms with Crippen molar-refractivity contribution in [3.8, 4) is 0 Å². The number of benzene rings is 2. The van der Waals surface area contributed by atoms with E-state index < -0.39 is 24.1 Å². The molecule has 2 aliphatic heterocycles. The fourth-order valence-corrected chi connectivity index (χ4v) is 3.95. The number of anilines is 2. The average molecular weight is 503 g/mol. The molecule has 4 rings (SSSR count). The van der Waals surface area contributed by atoms with Gasteiger partial charge in [-0.05, 0) is 35.4 Å². The van der Waals surface area contributed by atoms with Crippen molar-refractivity contribution < 1.29 is 39.5 Å². The molecule has 2 heterocycles. The van der Waals surface area contributed by atoms with Gasteiger partial charge in [-0.1, -0.05) is 24.3 Å². The number of aliphatic hydroxyl groups is 2. The Bertz CT molecular complexity index is 875. The summed E-state index contributed by atoms with van der Waals surface area (Å²) in [6.07, 6.45) is -2.39. The zero-order chi connectivity index (χ0) is 25.9. The Kier molecular flexibility index (Phi) is 10.5. The SMILES string of the molecule is O=C(O)C(O)Cc1ccc(N2CCOCC2)cc1.O=C(O)C(O)Cc1ccc(N2CCOCC2)cc1. The summed E-state index contributed by atoms with van der Waals surface area (Å²) < 4.78 is 10.6. The predicted octanol–water partition coefficient (Wildman–Crippen LogP) is 1.02. The molecule has 2 atom stereocenters. The van der Waals surface area contributed by atoms with Gasteiger partial charge in [-0.2, -0.15) is 0 Å². The smallest absolute Gasteiger partial charge is 0.332 e.